The van der Waals surface area contributed by atoms with Crippen molar-refractivity contribution in [3.05, 3.63) is 66.2 Å². The van der Waals surface area contributed by atoms with Crippen LogP contribution >= 0.6 is 0 Å². The summed E-state index contributed by atoms with van der Waals surface area (Å²) in [5.41, 5.74) is 2.65. The minimum Gasteiger partial charge on any atom is -0.497 e. The summed E-state index contributed by atoms with van der Waals surface area (Å²) in [5.74, 6) is 0.802. The maximum atomic E-state index is 8.87. The smallest absolute Gasteiger partial charge is 0.119 e. The second-order valence-corrected chi connectivity index (χ2v) is 3.91. The summed E-state index contributed by atoms with van der Waals surface area (Å²) in [6.07, 6.45) is 1.50. The van der Waals surface area contributed by atoms with Crippen LogP contribution < -0.4 is 10.1 Å². The average molecular weight is 250 g/mol. The van der Waals surface area contributed by atoms with Gasteiger partial charge in [0.05, 0.1) is 18.9 Å². The van der Waals surface area contributed by atoms with Gasteiger partial charge in [-0.3, -0.25) is 0 Å². The lowest BCUT2D eigenvalue weighted by Gasteiger charge is -2.10. The van der Waals surface area contributed by atoms with E-state index in [1.807, 2.05) is 54.6 Å². The van der Waals surface area contributed by atoms with Crippen LogP contribution in [0.3, 0.4) is 0 Å². The Morgan fingerprint density at radius 2 is 1.79 bits per heavy atom. The molecule has 0 aliphatic carbocycles. The van der Waals surface area contributed by atoms with E-state index in [0.29, 0.717) is 0 Å². The summed E-state index contributed by atoms with van der Waals surface area (Å²) in [6, 6.07) is 19.4. The van der Waals surface area contributed by atoms with Crippen LogP contribution in [0.15, 0.2) is 60.7 Å². The monoisotopic (exact) mass is 250 g/mol. The SMILES string of the molecule is COc1ccc(NC(=CC#N)c2ccccc2)cc1. The van der Waals surface area contributed by atoms with E-state index >= 15 is 0 Å². The molecule has 0 saturated heterocycles. The number of methoxy groups -OCH3 is 1. The quantitative estimate of drug-likeness (QED) is 0.842. The molecule has 0 atom stereocenters. The Kier molecular flexibility index (Phi) is 4.20. The predicted molar refractivity (Wildman–Crippen MR) is 76.6 cm³/mol. The fourth-order valence-corrected chi connectivity index (χ4v) is 1.70. The molecule has 2 rings (SSSR count). The fraction of sp³-hybridized carbons (Fsp3) is 0.0625. The molecule has 2 aromatic rings. The van der Waals surface area contributed by atoms with Crippen LogP contribution in [0.5, 0.6) is 5.75 Å². The Morgan fingerprint density at radius 3 is 2.37 bits per heavy atom. The molecule has 0 saturated carbocycles. The molecular weight excluding hydrogens is 236 g/mol. The van der Waals surface area contributed by atoms with Crippen LogP contribution in [0.1, 0.15) is 5.56 Å². The number of anilines is 1. The van der Waals surface area contributed by atoms with E-state index in [-0.39, 0.29) is 0 Å². The van der Waals surface area contributed by atoms with Crippen LogP contribution in [0.2, 0.25) is 0 Å². The van der Waals surface area contributed by atoms with Gasteiger partial charge in [-0.2, -0.15) is 5.26 Å². The topological polar surface area (TPSA) is 45.0 Å². The number of ether oxygens (including phenoxy) is 1. The number of hydrogen-bond acceptors (Lipinski definition) is 3. The lowest BCUT2D eigenvalue weighted by molar-refractivity contribution is 0.415. The van der Waals surface area contributed by atoms with Crippen molar-refractivity contribution in [3.63, 3.8) is 0 Å². The molecule has 3 heteroatoms. The fourth-order valence-electron chi connectivity index (χ4n) is 1.70. The van der Waals surface area contributed by atoms with Crippen molar-refractivity contribution in [2.45, 2.75) is 0 Å². The van der Waals surface area contributed by atoms with E-state index in [1.54, 1.807) is 7.11 Å². The Bertz CT molecular complexity index is 595. The van der Waals surface area contributed by atoms with Gasteiger partial charge in [0.25, 0.3) is 0 Å². The van der Waals surface area contributed by atoms with Crippen molar-refractivity contribution in [1.82, 2.24) is 0 Å². The number of rotatable bonds is 4. The van der Waals surface area contributed by atoms with Gasteiger partial charge in [-0.25, -0.2) is 0 Å². The first-order valence-electron chi connectivity index (χ1n) is 5.90. The van der Waals surface area contributed by atoms with E-state index in [1.165, 1.54) is 6.08 Å². The highest BCUT2D eigenvalue weighted by Crippen LogP contribution is 2.20. The highest BCUT2D eigenvalue weighted by Gasteiger charge is 2.01. The second-order valence-electron chi connectivity index (χ2n) is 3.91. The number of nitrogens with zero attached hydrogens (tertiary/aromatic N) is 1. The van der Waals surface area contributed by atoms with Gasteiger partial charge >= 0.3 is 0 Å². The van der Waals surface area contributed by atoms with E-state index in [9.17, 15) is 0 Å². The van der Waals surface area contributed by atoms with Gasteiger partial charge in [-0.15, -0.1) is 0 Å². The molecule has 0 fully saturated rings. The minimum absolute atomic E-state index is 0.772. The molecule has 0 bridgehead atoms. The molecule has 2 aromatic carbocycles. The average Bonchev–Trinajstić information content (AvgIpc) is 2.48. The third kappa shape index (κ3) is 3.36. The minimum atomic E-state index is 0.772. The first kappa shape index (κ1) is 12.7. The van der Waals surface area contributed by atoms with Crippen LogP contribution in [0.4, 0.5) is 5.69 Å². The Hall–Kier alpha value is -2.73. The summed E-state index contributed by atoms with van der Waals surface area (Å²) in [4.78, 5) is 0. The summed E-state index contributed by atoms with van der Waals surface area (Å²) in [6.45, 7) is 0. The van der Waals surface area contributed by atoms with E-state index < -0.39 is 0 Å². The molecule has 1 N–H and O–H groups in total. The maximum absolute atomic E-state index is 8.87. The lowest BCUT2D eigenvalue weighted by atomic mass is 10.1. The van der Waals surface area contributed by atoms with E-state index in [0.717, 1.165) is 22.7 Å². The standard InChI is InChI=1S/C16H14N2O/c1-19-15-9-7-14(8-10-15)18-16(11-12-17)13-5-3-2-4-6-13/h2-11,18H,1H3. The Balaban J connectivity index is 2.22. The first-order valence-corrected chi connectivity index (χ1v) is 5.90. The maximum Gasteiger partial charge on any atom is 0.119 e. The van der Waals surface area contributed by atoms with Crippen LogP contribution in [0, 0.1) is 11.3 Å². The van der Waals surface area contributed by atoms with Gasteiger partial charge in [-0.1, -0.05) is 30.3 Å². The van der Waals surface area contributed by atoms with Crippen LogP contribution in [-0.4, -0.2) is 7.11 Å². The largest absolute Gasteiger partial charge is 0.497 e. The normalized spacial score (nSPS) is 10.6. The van der Waals surface area contributed by atoms with Crippen molar-refractivity contribution >= 4 is 11.4 Å². The van der Waals surface area contributed by atoms with Crippen molar-refractivity contribution in [2.75, 3.05) is 12.4 Å². The van der Waals surface area contributed by atoms with E-state index in [2.05, 4.69) is 11.4 Å². The molecule has 0 unspecified atom stereocenters. The predicted octanol–water partition coefficient (Wildman–Crippen LogP) is 3.67. The highest BCUT2D eigenvalue weighted by atomic mass is 16.5. The number of nitrogens with one attached hydrogen (secondary N) is 1. The summed E-state index contributed by atoms with van der Waals surface area (Å²) < 4.78 is 5.11. The molecule has 0 aliphatic heterocycles. The van der Waals surface area contributed by atoms with Gasteiger partial charge in [0.2, 0.25) is 0 Å². The summed E-state index contributed by atoms with van der Waals surface area (Å²) in [5, 5.41) is 12.1. The summed E-state index contributed by atoms with van der Waals surface area (Å²) in [7, 11) is 1.63. The molecular formula is C16H14N2O. The molecule has 94 valence electrons. The van der Waals surface area contributed by atoms with Crippen molar-refractivity contribution in [1.29, 1.82) is 5.26 Å². The zero-order valence-corrected chi connectivity index (χ0v) is 10.6. The van der Waals surface area contributed by atoms with E-state index in [4.69, 9.17) is 10.00 Å². The van der Waals surface area contributed by atoms with Crippen molar-refractivity contribution in [3.8, 4) is 11.8 Å². The Labute approximate surface area is 112 Å². The number of hydrogen-bond donors (Lipinski definition) is 1. The molecule has 3 nitrogen and oxygen atoms in total. The molecule has 0 heterocycles. The van der Waals surface area contributed by atoms with Gasteiger partial charge < -0.3 is 10.1 Å². The van der Waals surface area contributed by atoms with Gasteiger partial charge in [0, 0.05) is 11.8 Å². The van der Waals surface area contributed by atoms with Gasteiger partial charge in [-0.05, 0) is 29.8 Å². The van der Waals surface area contributed by atoms with Crippen LogP contribution in [-0.2, 0) is 0 Å². The zero-order valence-electron chi connectivity index (χ0n) is 10.6. The molecule has 0 aromatic heterocycles. The number of benzene rings is 2. The second kappa shape index (κ2) is 6.27. The first-order chi connectivity index (χ1) is 9.33. The zero-order chi connectivity index (χ0) is 13.5. The van der Waals surface area contributed by atoms with Crippen LogP contribution in [0.25, 0.3) is 5.70 Å². The third-order valence-electron chi connectivity index (χ3n) is 2.66. The summed E-state index contributed by atoms with van der Waals surface area (Å²) >= 11 is 0. The van der Waals surface area contributed by atoms with Gasteiger partial charge in [0.1, 0.15) is 5.75 Å². The molecule has 0 amide bonds. The number of nitriles is 1. The molecule has 19 heavy (non-hydrogen) atoms. The molecule has 0 radical (unpaired) electrons. The molecule has 0 aliphatic rings. The third-order valence-corrected chi connectivity index (χ3v) is 2.66. The lowest BCUT2D eigenvalue weighted by Crippen LogP contribution is -1.98. The van der Waals surface area contributed by atoms with Gasteiger partial charge in [0.15, 0.2) is 0 Å². The number of allylic oxidation sites excluding steroid dienone is 1. The van der Waals surface area contributed by atoms with Crippen molar-refractivity contribution < 1.29 is 4.74 Å². The van der Waals surface area contributed by atoms with Crippen molar-refractivity contribution in [2.24, 2.45) is 0 Å². The highest BCUT2D eigenvalue weighted by molar-refractivity contribution is 5.78. The Morgan fingerprint density at radius 1 is 1.11 bits per heavy atom. The molecule has 0 spiro atoms.